The maximum Gasteiger partial charge on any atom is 0.313 e. The number of benzene rings is 1. The van der Waals surface area contributed by atoms with E-state index in [1.165, 1.54) is 30.2 Å². The van der Waals surface area contributed by atoms with Crippen molar-refractivity contribution in [3.8, 4) is 0 Å². The second kappa shape index (κ2) is 9.18. The number of carbonyl (C=O) groups is 2. The van der Waals surface area contributed by atoms with Gasteiger partial charge in [-0.15, -0.1) is 0 Å². The minimum Gasteiger partial charge on any atom is -0.469 e. The van der Waals surface area contributed by atoms with Crippen molar-refractivity contribution in [3.05, 3.63) is 53.6 Å². The van der Waals surface area contributed by atoms with Crippen molar-refractivity contribution < 1.29 is 19.4 Å². The van der Waals surface area contributed by atoms with E-state index in [1.54, 1.807) is 12.2 Å². The van der Waals surface area contributed by atoms with Crippen molar-refractivity contribution in [2.75, 3.05) is 7.11 Å². The summed E-state index contributed by atoms with van der Waals surface area (Å²) in [6, 6.07) is 8.41. The second-order valence-electron chi connectivity index (χ2n) is 6.00. The van der Waals surface area contributed by atoms with Gasteiger partial charge < -0.3 is 9.84 Å². The van der Waals surface area contributed by atoms with Crippen molar-refractivity contribution in [1.82, 2.24) is 0 Å². The predicted molar refractivity (Wildman–Crippen MR) is 93.4 cm³/mol. The highest BCUT2D eigenvalue weighted by molar-refractivity contribution is 5.95. The van der Waals surface area contributed by atoms with Crippen LogP contribution in [0.4, 0.5) is 0 Å². The van der Waals surface area contributed by atoms with Crippen LogP contribution >= 0.6 is 0 Å². The van der Waals surface area contributed by atoms with Gasteiger partial charge in [0.2, 0.25) is 0 Å². The summed E-state index contributed by atoms with van der Waals surface area (Å²) in [4.78, 5) is 22.6. The fraction of sp³-hybridized carbons (Fsp3) is 0.400. The molecule has 0 aliphatic heterocycles. The molecule has 0 saturated heterocycles. The van der Waals surface area contributed by atoms with Gasteiger partial charge in [-0.1, -0.05) is 42.5 Å². The molecule has 128 valence electrons. The van der Waals surface area contributed by atoms with E-state index in [0.717, 1.165) is 19.3 Å². The summed E-state index contributed by atoms with van der Waals surface area (Å²) < 4.78 is 4.44. The third-order valence-corrected chi connectivity index (χ3v) is 4.14. The highest BCUT2D eigenvalue weighted by Crippen LogP contribution is 2.29. The Labute approximate surface area is 142 Å². The molecule has 1 atom stereocenters. The number of allylic oxidation sites excluding steroid dienone is 3. The molecule has 0 amide bonds. The number of Topliss-reactive ketones (excluding diaryl/α,β-unsaturated/α-hetero) is 1. The van der Waals surface area contributed by atoms with Crippen LogP contribution in [0.25, 0.3) is 5.57 Å². The maximum absolute atomic E-state index is 11.6. The zero-order chi connectivity index (χ0) is 17.4. The molecule has 0 spiro atoms. The zero-order valence-corrected chi connectivity index (χ0v) is 14.0. The number of rotatable bonds is 6. The normalized spacial score (nSPS) is 17.3. The number of ketones is 1. The zero-order valence-electron chi connectivity index (χ0n) is 14.0. The summed E-state index contributed by atoms with van der Waals surface area (Å²) in [7, 11) is 1.24. The number of esters is 1. The third-order valence-electron chi connectivity index (χ3n) is 4.14. The lowest BCUT2D eigenvalue weighted by Gasteiger charge is -2.08. The topological polar surface area (TPSA) is 63.6 Å². The van der Waals surface area contributed by atoms with E-state index in [1.807, 2.05) is 12.1 Å². The molecule has 24 heavy (non-hydrogen) atoms. The molecule has 0 radical (unpaired) electrons. The van der Waals surface area contributed by atoms with Crippen molar-refractivity contribution in [1.29, 1.82) is 0 Å². The van der Waals surface area contributed by atoms with Gasteiger partial charge >= 0.3 is 5.97 Å². The number of aliphatic hydroxyl groups excluding tert-OH is 1. The highest BCUT2D eigenvalue weighted by atomic mass is 16.5. The molecule has 4 nitrogen and oxygen atoms in total. The van der Waals surface area contributed by atoms with Crippen LogP contribution in [0.15, 0.2) is 42.5 Å². The van der Waals surface area contributed by atoms with Crippen molar-refractivity contribution in [3.63, 3.8) is 0 Å². The number of hydrogen-bond acceptors (Lipinski definition) is 4. The summed E-state index contributed by atoms with van der Waals surface area (Å²) in [6.45, 7) is 0. The Kier molecular flexibility index (Phi) is 6.94. The van der Waals surface area contributed by atoms with Crippen molar-refractivity contribution in [2.24, 2.45) is 0 Å². The van der Waals surface area contributed by atoms with E-state index in [9.17, 15) is 14.7 Å². The fourth-order valence-electron chi connectivity index (χ4n) is 2.90. The largest absolute Gasteiger partial charge is 0.469 e. The number of methoxy groups -OCH3 is 1. The average Bonchev–Trinajstić information content (AvgIpc) is 2.77. The standard InChI is InChI=1S/C20H24O4/c1-24-20(23)14-18(22)13-17(21)11-6-10-16-8-3-2-7-15-9-4-5-12-19(15)16/h4-6,9-12,17,21H,2-3,7-8,13-14H2,1H3/b11-6+,16-10+. The number of fused-ring (bicyclic) bond motifs is 1. The molecule has 1 aromatic carbocycles. The maximum atomic E-state index is 11.6. The first-order chi connectivity index (χ1) is 11.6. The fourth-order valence-corrected chi connectivity index (χ4v) is 2.90. The SMILES string of the molecule is COC(=O)CC(=O)CC(O)/C=C/C=C1\CCCCc2ccccc21. The summed E-state index contributed by atoms with van der Waals surface area (Å²) in [5, 5.41) is 9.90. The molecule has 0 fully saturated rings. The first-order valence-corrected chi connectivity index (χ1v) is 8.32. The van der Waals surface area contributed by atoms with Gasteiger partial charge in [0.25, 0.3) is 0 Å². The van der Waals surface area contributed by atoms with E-state index in [-0.39, 0.29) is 18.6 Å². The summed E-state index contributed by atoms with van der Waals surface area (Å²) >= 11 is 0. The Morgan fingerprint density at radius 3 is 2.79 bits per heavy atom. The van der Waals surface area contributed by atoms with Crippen LogP contribution in [0.2, 0.25) is 0 Å². The van der Waals surface area contributed by atoms with Crippen LogP contribution in [0.3, 0.4) is 0 Å². The average molecular weight is 328 g/mol. The van der Waals surface area contributed by atoms with E-state index >= 15 is 0 Å². The molecule has 0 saturated carbocycles. The molecular formula is C20H24O4. The monoisotopic (exact) mass is 328 g/mol. The van der Waals surface area contributed by atoms with Crippen LogP contribution in [-0.2, 0) is 20.7 Å². The van der Waals surface area contributed by atoms with Gasteiger partial charge in [0.05, 0.1) is 13.2 Å². The van der Waals surface area contributed by atoms with Gasteiger partial charge in [-0.3, -0.25) is 9.59 Å². The molecule has 4 heteroatoms. The van der Waals surface area contributed by atoms with E-state index in [2.05, 4.69) is 22.9 Å². The van der Waals surface area contributed by atoms with Crippen molar-refractivity contribution >= 4 is 17.3 Å². The molecule has 0 heterocycles. The van der Waals surface area contributed by atoms with Gasteiger partial charge in [-0.05, 0) is 42.4 Å². The van der Waals surface area contributed by atoms with Crippen molar-refractivity contribution in [2.45, 2.75) is 44.6 Å². The van der Waals surface area contributed by atoms with Gasteiger partial charge in [0.1, 0.15) is 12.2 Å². The minimum absolute atomic E-state index is 0.0780. The van der Waals surface area contributed by atoms with Crippen LogP contribution in [0, 0.1) is 0 Å². The number of ether oxygens (including phenoxy) is 1. The summed E-state index contributed by atoms with van der Waals surface area (Å²) in [5.74, 6) is -0.903. The lowest BCUT2D eigenvalue weighted by atomic mass is 9.98. The summed E-state index contributed by atoms with van der Waals surface area (Å²) in [6.07, 6.45) is 8.58. The Bertz CT molecular complexity index is 643. The van der Waals surface area contributed by atoms with E-state index < -0.39 is 12.1 Å². The Hall–Kier alpha value is -2.20. The van der Waals surface area contributed by atoms with Crippen LogP contribution in [-0.4, -0.2) is 30.1 Å². The van der Waals surface area contributed by atoms with Crippen LogP contribution in [0.1, 0.15) is 43.2 Å². The lowest BCUT2D eigenvalue weighted by Crippen LogP contribution is -2.15. The first kappa shape index (κ1) is 18.1. The number of aryl methyl sites for hydroxylation is 1. The predicted octanol–water partition coefficient (Wildman–Crippen LogP) is 3.24. The molecule has 2 rings (SSSR count). The van der Waals surface area contributed by atoms with Gasteiger partial charge in [0, 0.05) is 6.42 Å². The van der Waals surface area contributed by atoms with Gasteiger partial charge in [0.15, 0.2) is 0 Å². The van der Waals surface area contributed by atoms with E-state index in [0.29, 0.717) is 0 Å². The Morgan fingerprint density at radius 1 is 1.25 bits per heavy atom. The number of carbonyl (C=O) groups excluding carboxylic acids is 2. The Balaban J connectivity index is 1.98. The third kappa shape index (κ3) is 5.46. The molecule has 0 aromatic heterocycles. The molecule has 0 bridgehead atoms. The number of aliphatic hydroxyl groups is 1. The lowest BCUT2D eigenvalue weighted by molar-refractivity contribution is -0.143. The smallest absolute Gasteiger partial charge is 0.313 e. The molecular weight excluding hydrogens is 304 g/mol. The molecule has 1 aromatic rings. The van der Waals surface area contributed by atoms with Gasteiger partial charge in [-0.25, -0.2) is 0 Å². The van der Waals surface area contributed by atoms with E-state index in [4.69, 9.17) is 0 Å². The van der Waals surface area contributed by atoms with Crippen LogP contribution in [0.5, 0.6) is 0 Å². The second-order valence-corrected chi connectivity index (χ2v) is 6.00. The summed E-state index contributed by atoms with van der Waals surface area (Å²) in [5.41, 5.74) is 3.90. The molecule has 1 N–H and O–H groups in total. The van der Waals surface area contributed by atoms with Crippen LogP contribution < -0.4 is 0 Å². The quantitative estimate of drug-likeness (QED) is 0.495. The molecule has 1 unspecified atom stereocenters. The highest BCUT2D eigenvalue weighted by Gasteiger charge is 2.13. The molecule has 1 aliphatic carbocycles. The molecule has 1 aliphatic rings. The Morgan fingerprint density at radius 2 is 2.00 bits per heavy atom. The first-order valence-electron chi connectivity index (χ1n) is 8.32. The minimum atomic E-state index is -0.889. The number of hydrogen-bond donors (Lipinski definition) is 1. The van der Waals surface area contributed by atoms with Gasteiger partial charge in [-0.2, -0.15) is 0 Å².